The summed E-state index contributed by atoms with van der Waals surface area (Å²) in [6.07, 6.45) is 1.85. The lowest BCUT2D eigenvalue weighted by molar-refractivity contribution is -0.153. The SMILES string of the molecule is C[C@@]1(C(N)=O)CN(Cc2cncs2)CCO1. The number of hydrogen-bond donors (Lipinski definition) is 1. The van der Waals surface area contributed by atoms with E-state index in [0.29, 0.717) is 13.2 Å². The predicted octanol–water partition coefficient (Wildman–Crippen LogP) is 0.219. The van der Waals surface area contributed by atoms with Crippen molar-refractivity contribution in [1.29, 1.82) is 0 Å². The summed E-state index contributed by atoms with van der Waals surface area (Å²) in [7, 11) is 0. The Hall–Kier alpha value is -0.980. The molecule has 88 valence electrons. The molecule has 1 amide bonds. The number of primary amides is 1. The van der Waals surface area contributed by atoms with Crippen molar-refractivity contribution in [3.63, 3.8) is 0 Å². The average Bonchev–Trinajstić information content (AvgIpc) is 2.70. The van der Waals surface area contributed by atoms with Gasteiger partial charge in [0.2, 0.25) is 0 Å². The lowest BCUT2D eigenvalue weighted by atomic mass is 10.0. The van der Waals surface area contributed by atoms with E-state index in [1.54, 1.807) is 18.3 Å². The van der Waals surface area contributed by atoms with Crippen LogP contribution in [-0.4, -0.2) is 41.1 Å². The van der Waals surface area contributed by atoms with E-state index in [4.69, 9.17) is 10.5 Å². The number of morpholine rings is 1. The van der Waals surface area contributed by atoms with Crippen LogP contribution in [0.4, 0.5) is 0 Å². The highest BCUT2D eigenvalue weighted by Gasteiger charge is 2.37. The predicted molar refractivity (Wildman–Crippen MR) is 60.9 cm³/mol. The van der Waals surface area contributed by atoms with Gasteiger partial charge >= 0.3 is 0 Å². The zero-order valence-corrected chi connectivity index (χ0v) is 10.00. The zero-order valence-electron chi connectivity index (χ0n) is 9.18. The van der Waals surface area contributed by atoms with Gasteiger partial charge < -0.3 is 10.5 Å². The van der Waals surface area contributed by atoms with Crippen LogP contribution in [0.5, 0.6) is 0 Å². The summed E-state index contributed by atoms with van der Waals surface area (Å²) in [5.74, 6) is -0.401. The van der Waals surface area contributed by atoms with Crippen molar-refractivity contribution in [1.82, 2.24) is 9.88 Å². The Bertz CT molecular complexity index is 368. The molecule has 1 aromatic heterocycles. The summed E-state index contributed by atoms with van der Waals surface area (Å²) in [4.78, 5) is 18.7. The number of thiazole rings is 1. The van der Waals surface area contributed by atoms with Gasteiger partial charge in [0.05, 0.1) is 12.1 Å². The molecule has 0 bridgehead atoms. The van der Waals surface area contributed by atoms with E-state index in [1.807, 2.05) is 11.7 Å². The number of carbonyl (C=O) groups excluding carboxylic acids is 1. The largest absolute Gasteiger partial charge is 0.367 e. The van der Waals surface area contributed by atoms with Gasteiger partial charge in [-0.3, -0.25) is 14.7 Å². The molecule has 2 rings (SSSR count). The summed E-state index contributed by atoms with van der Waals surface area (Å²) in [5, 5.41) is 0. The minimum absolute atomic E-state index is 0.401. The van der Waals surface area contributed by atoms with E-state index in [2.05, 4.69) is 9.88 Å². The first-order chi connectivity index (χ1) is 7.60. The Kier molecular flexibility index (Phi) is 3.22. The second-order valence-electron chi connectivity index (χ2n) is 4.12. The zero-order chi connectivity index (χ0) is 11.6. The van der Waals surface area contributed by atoms with E-state index in [0.717, 1.165) is 13.1 Å². The van der Waals surface area contributed by atoms with Crippen LogP contribution in [0.1, 0.15) is 11.8 Å². The number of aromatic nitrogens is 1. The topological polar surface area (TPSA) is 68.5 Å². The van der Waals surface area contributed by atoms with Crippen LogP contribution >= 0.6 is 11.3 Å². The normalized spacial score (nSPS) is 26.8. The summed E-state index contributed by atoms with van der Waals surface area (Å²) in [5.41, 5.74) is 6.29. The fourth-order valence-electron chi connectivity index (χ4n) is 1.78. The van der Waals surface area contributed by atoms with E-state index in [1.165, 1.54) is 4.88 Å². The lowest BCUT2D eigenvalue weighted by Gasteiger charge is -2.38. The molecule has 1 aliphatic rings. The molecule has 6 heteroatoms. The first-order valence-electron chi connectivity index (χ1n) is 5.14. The molecule has 1 saturated heterocycles. The third kappa shape index (κ3) is 2.40. The van der Waals surface area contributed by atoms with Gasteiger partial charge in [-0.25, -0.2) is 0 Å². The first-order valence-corrected chi connectivity index (χ1v) is 6.02. The van der Waals surface area contributed by atoms with E-state index in [-0.39, 0.29) is 0 Å². The third-order valence-corrected chi connectivity index (χ3v) is 3.50. The molecule has 1 aromatic rings. The molecule has 2 heterocycles. The van der Waals surface area contributed by atoms with Gasteiger partial charge in [-0.05, 0) is 6.92 Å². The van der Waals surface area contributed by atoms with E-state index >= 15 is 0 Å². The standard InChI is InChI=1S/C10H15N3O2S/c1-10(9(11)14)6-13(2-3-15-10)5-8-4-12-7-16-8/h4,7H,2-3,5-6H2,1H3,(H2,11,14)/t10-/m0/s1. The van der Waals surface area contributed by atoms with Gasteiger partial charge in [-0.15, -0.1) is 11.3 Å². The molecule has 5 nitrogen and oxygen atoms in total. The first kappa shape index (κ1) is 11.5. The van der Waals surface area contributed by atoms with Gasteiger partial charge in [0.15, 0.2) is 5.60 Å². The third-order valence-electron chi connectivity index (χ3n) is 2.74. The summed E-state index contributed by atoms with van der Waals surface area (Å²) < 4.78 is 5.45. The highest BCUT2D eigenvalue weighted by atomic mass is 32.1. The molecule has 0 spiro atoms. The Morgan fingerprint density at radius 3 is 3.25 bits per heavy atom. The molecule has 0 saturated carbocycles. The Balaban J connectivity index is 1.99. The fourth-order valence-corrected chi connectivity index (χ4v) is 2.41. The number of carbonyl (C=O) groups is 1. The molecule has 0 aliphatic carbocycles. The molecular weight excluding hydrogens is 226 g/mol. The van der Waals surface area contributed by atoms with Gasteiger partial charge in [0, 0.05) is 30.7 Å². The molecule has 16 heavy (non-hydrogen) atoms. The minimum Gasteiger partial charge on any atom is -0.367 e. The van der Waals surface area contributed by atoms with Gasteiger partial charge in [-0.1, -0.05) is 0 Å². The van der Waals surface area contributed by atoms with Crippen LogP contribution in [-0.2, 0) is 16.1 Å². The maximum atomic E-state index is 11.3. The smallest absolute Gasteiger partial charge is 0.250 e. The highest BCUT2D eigenvalue weighted by molar-refractivity contribution is 7.09. The van der Waals surface area contributed by atoms with Crippen LogP contribution in [0.15, 0.2) is 11.7 Å². The van der Waals surface area contributed by atoms with Crippen molar-refractivity contribution in [3.8, 4) is 0 Å². The molecule has 0 unspecified atom stereocenters. The maximum Gasteiger partial charge on any atom is 0.250 e. The number of nitrogens with zero attached hydrogens (tertiary/aromatic N) is 2. The van der Waals surface area contributed by atoms with Gasteiger partial charge in [-0.2, -0.15) is 0 Å². The van der Waals surface area contributed by atoms with Crippen LogP contribution in [0.3, 0.4) is 0 Å². The number of rotatable bonds is 3. The Morgan fingerprint density at radius 1 is 1.81 bits per heavy atom. The monoisotopic (exact) mass is 241 g/mol. The Labute approximate surface area is 98.2 Å². The van der Waals surface area contributed by atoms with Crippen LogP contribution in [0.2, 0.25) is 0 Å². The van der Waals surface area contributed by atoms with E-state index < -0.39 is 11.5 Å². The molecule has 1 atom stereocenters. The van der Waals surface area contributed by atoms with Gasteiger partial charge in [0.1, 0.15) is 0 Å². The average molecular weight is 241 g/mol. The van der Waals surface area contributed by atoms with Crippen molar-refractivity contribution >= 4 is 17.2 Å². The van der Waals surface area contributed by atoms with Crippen LogP contribution < -0.4 is 5.73 Å². The van der Waals surface area contributed by atoms with Crippen molar-refractivity contribution in [2.75, 3.05) is 19.7 Å². The molecule has 0 aromatic carbocycles. The van der Waals surface area contributed by atoms with Crippen molar-refractivity contribution in [2.24, 2.45) is 5.73 Å². The van der Waals surface area contributed by atoms with Crippen molar-refractivity contribution in [3.05, 3.63) is 16.6 Å². The second kappa shape index (κ2) is 4.48. The molecule has 1 aliphatic heterocycles. The highest BCUT2D eigenvalue weighted by Crippen LogP contribution is 2.19. The molecule has 0 radical (unpaired) electrons. The quantitative estimate of drug-likeness (QED) is 0.822. The molecule has 1 fully saturated rings. The summed E-state index contributed by atoms with van der Waals surface area (Å²) >= 11 is 1.62. The minimum atomic E-state index is -0.858. The Morgan fingerprint density at radius 2 is 2.62 bits per heavy atom. The number of nitrogens with two attached hydrogens (primary N) is 1. The summed E-state index contributed by atoms with van der Waals surface area (Å²) in [6.45, 7) is 4.45. The van der Waals surface area contributed by atoms with Gasteiger partial charge in [0.25, 0.3) is 5.91 Å². The number of ether oxygens (including phenoxy) is 1. The fraction of sp³-hybridized carbons (Fsp3) is 0.600. The number of amides is 1. The number of hydrogen-bond acceptors (Lipinski definition) is 5. The van der Waals surface area contributed by atoms with Crippen molar-refractivity contribution in [2.45, 2.75) is 19.1 Å². The van der Waals surface area contributed by atoms with Crippen LogP contribution in [0.25, 0.3) is 0 Å². The molecular formula is C10H15N3O2S. The summed E-state index contributed by atoms with van der Waals surface area (Å²) in [6, 6.07) is 0. The maximum absolute atomic E-state index is 11.3. The lowest BCUT2D eigenvalue weighted by Crippen LogP contribution is -2.56. The van der Waals surface area contributed by atoms with Crippen molar-refractivity contribution < 1.29 is 9.53 Å². The molecule has 2 N–H and O–H groups in total. The van der Waals surface area contributed by atoms with Crippen LogP contribution in [0, 0.1) is 0 Å². The van der Waals surface area contributed by atoms with E-state index in [9.17, 15) is 4.79 Å². The second-order valence-corrected chi connectivity index (χ2v) is 5.09.